The average molecular weight is 378 g/mol. The van der Waals surface area contributed by atoms with Crippen molar-refractivity contribution in [2.24, 2.45) is 5.73 Å². The van der Waals surface area contributed by atoms with E-state index in [-0.39, 0.29) is 11.3 Å². The third-order valence-corrected chi connectivity index (χ3v) is 6.61. The lowest BCUT2D eigenvalue weighted by atomic mass is 10.1. The number of hydrogen-bond donors (Lipinski definition) is 1. The minimum Gasteiger partial charge on any atom is -0.368 e. The molecule has 0 saturated carbocycles. The van der Waals surface area contributed by atoms with Crippen LogP contribution in [0.4, 0.5) is 5.69 Å². The van der Waals surface area contributed by atoms with E-state index in [0.717, 1.165) is 21.0 Å². The van der Waals surface area contributed by atoms with Crippen LogP contribution in [0.25, 0.3) is 11.1 Å². The molecule has 0 spiro atoms. The van der Waals surface area contributed by atoms with E-state index in [2.05, 4.69) is 0 Å². The Morgan fingerprint density at radius 3 is 2.11 bits per heavy atom. The summed E-state index contributed by atoms with van der Waals surface area (Å²) in [6.45, 7) is 0. The minimum atomic E-state index is -3.91. The maximum absolute atomic E-state index is 13.3. The van der Waals surface area contributed by atoms with Crippen LogP contribution in [0.3, 0.4) is 0 Å². The molecule has 0 fully saturated rings. The fourth-order valence-electron chi connectivity index (χ4n) is 3.43. The van der Waals surface area contributed by atoms with Gasteiger partial charge in [0, 0.05) is 6.42 Å². The molecule has 136 valence electrons. The molecule has 0 radical (unpaired) electrons. The number of nitrogens with two attached hydrogens (primary N) is 1. The third-order valence-electron chi connectivity index (χ3n) is 4.77. The molecule has 0 aliphatic carbocycles. The topological polar surface area (TPSA) is 80.5 Å². The molecule has 1 heterocycles. The number of sulfonamides is 1. The molecule has 2 N–H and O–H groups in total. The molecule has 27 heavy (non-hydrogen) atoms. The van der Waals surface area contributed by atoms with E-state index in [1.807, 2.05) is 42.5 Å². The monoisotopic (exact) mass is 378 g/mol. The van der Waals surface area contributed by atoms with Crippen molar-refractivity contribution in [2.45, 2.75) is 17.4 Å². The number of benzene rings is 3. The van der Waals surface area contributed by atoms with Gasteiger partial charge in [0.15, 0.2) is 0 Å². The molecule has 1 aliphatic rings. The van der Waals surface area contributed by atoms with E-state index in [4.69, 9.17) is 5.73 Å². The lowest BCUT2D eigenvalue weighted by Crippen LogP contribution is -2.45. The highest BCUT2D eigenvalue weighted by Gasteiger charge is 2.41. The standard InChI is InChI=1S/C21H18N2O3S/c22-21(24)20-14-17-8-4-5-9-19(17)23(20)27(25,26)18-12-10-16(11-13-18)15-6-2-1-3-7-15/h1-13,20H,14H2,(H2,22,24)/t20-/m0/s1. The number of anilines is 1. The Morgan fingerprint density at radius 1 is 0.852 bits per heavy atom. The summed E-state index contributed by atoms with van der Waals surface area (Å²) in [5.41, 5.74) is 8.72. The Bertz CT molecular complexity index is 1090. The number of amides is 1. The highest BCUT2D eigenvalue weighted by molar-refractivity contribution is 7.93. The molecule has 1 aliphatic heterocycles. The first kappa shape index (κ1) is 17.3. The van der Waals surface area contributed by atoms with Crippen molar-refractivity contribution in [1.29, 1.82) is 0 Å². The highest BCUT2D eigenvalue weighted by atomic mass is 32.2. The van der Waals surface area contributed by atoms with Crippen LogP contribution in [0.5, 0.6) is 0 Å². The van der Waals surface area contributed by atoms with Gasteiger partial charge in [0.1, 0.15) is 6.04 Å². The maximum atomic E-state index is 13.3. The van der Waals surface area contributed by atoms with Crippen LogP contribution in [0, 0.1) is 0 Å². The van der Waals surface area contributed by atoms with Gasteiger partial charge >= 0.3 is 0 Å². The van der Waals surface area contributed by atoms with Crippen LogP contribution in [0.15, 0.2) is 83.8 Å². The number of rotatable bonds is 4. The lowest BCUT2D eigenvalue weighted by molar-refractivity contribution is -0.118. The molecule has 0 unspecified atom stereocenters. The van der Waals surface area contributed by atoms with Crippen molar-refractivity contribution in [2.75, 3.05) is 4.31 Å². The van der Waals surface area contributed by atoms with E-state index < -0.39 is 22.0 Å². The summed E-state index contributed by atoms with van der Waals surface area (Å²) in [5, 5.41) is 0. The molecule has 6 heteroatoms. The van der Waals surface area contributed by atoms with Gasteiger partial charge < -0.3 is 5.73 Å². The van der Waals surface area contributed by atoms with Crippen molar-refractivity contribution in [1.82, 2.24) is 0 Å². The summed E-state index contributed by atoms with van der Waals surface area (Å²) in [6, 6.07) is 22.6. The van der Waals surface area contributed by atoms with E-state index >= 15 is 0 Å². The van der Waals surface area contributed by atoms with Gasteiger partial charge in [0.2, 0.25) is 5.91 Å². The molecular weight excluding hydrogens is 360 g/mol. The second kappa shape index (κ2) is 6.55. The Balaban J connectivity index is 1.75. The van der Waals surface area contributed by atoms with Crippen molar-refractivity contribution in [3.63, 3.8) is 0 Å². The van der Waals surface area contributed by atoms with Gasteiger partial charge in [-0.15, -0.1) is 0 Å². The van der Waals surface area contributed by atoms with Crippen LogP contribution in [-0.4, -0.2) is 20.4 Å². The number of carbonyl (C=O) groups excluding carboxylic acids is 1. The molecule has 0 bridgehead atoms. The third kappa shape index (κ3) is 2.98. The second-order valence-electron chi connectivity index (χ2n) is 6.44. The first-order chi connectivity index (χ1) is 13.0. The first-order valence-electron chi connectivity index (χ1n) is 8.55. The van der Waals surface area contributed by atoms with Gasteiger partial charge in [0.25, 0.3) is 10.0 Å². The molecule has 4 rings (SSSR count). The van der Waals surface area contributed by atoms with Gasteiger partial charge in [-0.3, -0.25) is 9.10 Å². The Hall–Kier alpha value is -3.12. The molecule has 5 nitrogen and oxygen atoms in total. The fraction of sp³-hybridized carbons (Fsp3) is 0.0952. The molecular formula is C21H18N2O3S. The molecule has 0 aromatic heterocycles. The van der Waals surface area contributed by atoms with Crippen molar-refractivity contribution in [3.8, 4) is 11.1 Å². The first-order valence-corrected chi connectivity index (χ1v) is 9.99. The number of para-hydroxylation sites is 1. The Kier molecular flexibility index (Phi) is 4.20. The van der Waals surface area contributed by atoms with Gasteiger partial charge in [-0.25, -0.2) is 8.42 Å². The van der Waals surface area contributed by atoms with E-state index in [0.29, 0.717) is 5.69 Å². The zero-order chi connectivity index (χ0) is 19.0. The lowest BCUT2D eigenvalue weighted by Gasteiger charge is -2.25. The number of fused-ring (bicyclic) bond motifs is 1. The van der Waals surface area contributed by atoms with E-state index in [1.54, 1.807) is 36.4 Å². The van der Waals surface area contributed by atoms with Crippen molar-refractivity contribution < 1.29 is 13.2 Å². The van der Waals surface area contributed by atoms with Crippen LogP contribution in [-0.2, 0) is 21.2 Å². The predicted octanol–water partition coefficient (Wildman–Crippen LogP) is 2.96. The minimum absolute atomic E-state index is 0.130. The van der Waals surface area contributed by atoms with Crippen LogP contribution < -0.4 is 10.0 Å². The van der Waals surface area contributed by atoms with Gasteiger partial charge in [-0.05, 0) is 34.9 Å². The Labute approximate surface area is 158 Å². The molecule has 1 atom stereocenters. The van der Waals surface area contributed by atoms with Crippen molar-refractivity contribution in [3.05, 3.63) is 84.4 Å². The summed E-state index contributed by atoms with van der Waals surface area (Å²) in [5.74, 6) is -0.657. The van der Waals surface area contributed by atoms with Crippen LogP contribution in [0.1, 0.15) is 5.56 Å². The second-order valence-corrected chi connectivity index (χ2v) is 8.26. The summed E-state index contributed by atoms with van der Waals surface area (Å²) >= 11 is 0. The number of hydrogen-bond acceptors (Lipinski definition) is 3. The highest BCUT2D eigenvalue weighted by Crippen LogP contribution is 2.37. The molecule has 1 amide bonds. The molecule has 3 aromatic carbocycles. The van der Waals surface area contributed by atoms with Crippen LogP contribution >= 0.6 is 0 Å². The van der Waals surface area contributed by atoms with Gasteiger partial charge in [-0.2, -0.15) is 0 Å². The summed E-state index contributed by atoms with van der Waals surface area (Å²) in [4.78, 5) is 12.0. The molecule has 3 aromatic rings. The number of nitrogens with zero attached hydrogens (tertiary/aromatic N) is 1. The smallest absolute Gasteiger partial charge is 0.265 e. The zero-order valence-electron chi connectivity index (χ0n) is 14.4. The average Bonchev–Trinajstić information content (AvgIpc) is 3.09. The zero-order valence-corrected chi connectivity index (χ0v) is 15.3. The summed E-state index contributed by atoms with van der Waals surface area (Å²) in [7, 11) is -3.91. The van der Waals surface area contributed by atoms with Crippen molar-refractivity contribution >= 4 is 21.6 Å². The summed E-state index contributed by atoms with van der Waals surface area (Å²) in [6.07, 6.45) is 0.285. The number of primary amides is 1. The molecule has 0 saturated heterocycles. The Morgan fingerprint density at radius 2 is 1.44 bits per heavy atom. The SMILES string of the molecule is NC(=O)[C@@H]1Cc2ccccc2N1S(=O)(=O)c1ccc(-c2ccccc2)cc1. The van der Waals surface area contributed by atoms with Gasteiger partial charge in [0.05, 0.1) is 10.6 Å². The fourth-order valence-corrected chi connectivity index (χ4v) is 5.09. The van der Waals surface area contributed by atoms with E-state index in [9.17, 15) is 13.2 Å². The van der Waals surface area contributed by atoms with Gasteiger partial charge in [-0.1, -0.05) is 60.7 Å². The van der Waals surface area contributed by atoms with Crippen LogP contribution in [0.2, 0.25) is 0 Å². The largest absolute Gasteiger partial charge is 0.368 e. The quantitative estimate of drug-likeness (QED) is 0.758. The summed E-state index contributed by atoms with van der Waals surface area (Å²) < 4.78 is 27.7. The normalized spacial score (nSPS) is 16.1. The number of carbonyl (C=O) groups is 1. The predicted molar refractivity (Wildman–Crippen MR) is 105 cm³/mol. The maximum Gasteiger partial charge on any atom is 0.265 e. The van der Waals surface area contributed by atoms with E-state index in [1.165, 1.54) is 0 Å².